The molecule has 0 aromatic heterocycles. The number of carbonyl (C=O) groups is 2. The number of ether oxygens (including phenoxy) is 2. The molecule has 7 nitrogen and oxygen atoms in total. The highest BCUT2D eigenvalue weighted by Gasteiger charge is 2.40. The van der Waals surface area contributed by atoms with Gasteiger partial charge in [-0.3, -0.25) is 9.69 Å². The average Bonchev–Trinajstić information content (AvgIpc) is 2.78. The van der Waals surface area contributed by atoms with E-state index in [1.807, 2.05) is 30.3 Å². The van der Waals surface area contributed by atoms with Crippen molar-refractivity contribution in [3.8, 4) is 5.75 Å². The Hall–Kier alpha value is -3.19. The first-order valence-corrected chi connectivity index (χ1v) is 10.6. The van der Waals surface area contributed by atoms with Crippen LogP contribution in [0.25, 0.3) is 0 Å². The highest BCUT2D eigenvalue weighted by Crippen LogP contribution is 2.31. The summed E-state index contributed by atoms with van der Waals surface area (Å²) in [5.74, 6) is -0.417. The fraction of sp³-hybridized carbons (Fsp3) is 0.375. The summed E-state index contributed by atoms with van der Waals surface area (Å²) in [5, 5.41) is 2.85. The van der Waals surface area contributed by atoms with Crippen LogP contribution in [0.1, 0.15) is 29.7 Å². The molecule has 0 spiro atoms. The summed E-state index contributed by atoms with van der Waals surface area (Å²) < 4.78 is 10.7. The van der Waals surface area contributed by atoms with Gasteiger partial charge in [0.1, 0.15) is 11.7 Å². The number of rotatable bonds is 6. The van der Waals surface area contributed by atoms with E-state index < -0.39 is 18.0 Å². The quantitative estimate of drug-likeness (QED) is 0.725. The number of fused-ring (bicyclic) bond motifs is 1. The maximum atomic E-state index is 13.0. The minimum atomic E-state index is -0.693. The van der Waals surface area contributed by atoms with Crippen molar-refractivity contribution in [3.63, 3.8) is 0 Å². The van der Waals surface area contributed by atoms with Crippen molar-refractivity contribution >= 4 is 17.7 Å². The predicted molar refractivity (Wildman–Crippen MR) is 117 cm³/mol. The molecule has 162 valence electrons. The number of aliphatic imine (C=N–C) groups is 1. The standard InChI is InChI=1S/C24H27N3O4/c1-3-31-23(28)21-20(15-27-12-11-16-7-4-5-8-18(16)14-27)25-24(29)26-22(21)17-9-6-10-19(13-17)30-2/h4-10,13,21-22H,3,11-12,14-15H2,1-2H3,(H,26,29). The van der Waals surface area contributed by atoms with Gasteiger partial charge in [0.15, 0.2) is 0 Å². The molecular weight excluding hydrogens is 394 g/mol. The van der Waals surface area contributed by atoms with Crippen LogP contribution in [0.5, 0.6) is 5.75 Å². The van der Waals surface area contributed by atoms with Crippen LogP contribution in [-0.2, 0) is 22.5 Å². The minimum Gasteiger partial charge on any atom is -0.497 e. The lowest BCUT2D eigenvalue weighted by Crippen LogP contribution is -2.49. The minimum absolute atomic E-state index is 0.262. The summed E-state index contributed by atoms with van der Waals surface area (Å²) in [6, 6.07) is 14.7. The molecule has 0 saturated carbocycles. The second kappa shape index (κ2) is 9.31. The number of hydrogen-bond donors (Lipinski definition) is 1. The number of nitrogens with zero attached hydrogens (tertiary/aromatic N) is 2. The van der Waals surface area contributed by atoms with Crippen molar-refractivity contribution in [2.24, 2.45) is 10.9 Å². The lowest BCUT2D eigenvalue weighted by molar-refractivity contribution is -0.146. The zero-order valence-corrected chi connectivity index (χ0v) is 17.8. The zero-order chi connectivity index (χ0) is 21.8. The second-order valence-corrected chi connectivity index (χ2v) is 7.77. The topological polar surface area (TPSA) is 80.2 Å². The maximum Gasteiger partial charge on any atom is 0.341 e. The molecule has 2 amide bonds. The Morgan fingerprint density at radius 3 is 2.77 bits per heavy atom. The van der Waals surface area contributed by atoms with Gasteiger partial charge in [-0.15, -0.1) is 0 Å². The van der Waals surface area contributed by atoms with Crippen molar-refractivity contribution in [1.82, 2.24) is 10.2 Å². The van der Waals surface area contributed by atoms with Crippen molar-refractivity contribution in [2.75, 3.05) is 26.8 Å². The third kappa shape index (κ3) is 4.61. The Kier molecular flexibility index (Phi) is 6.32. The van der Waals surface area contributed by atoms with Gasteiger partial charge < -0.3 is 14.8 Å². The number of amides is 2. The monoisotopic (exact) mass is 421 g/mol. The third-order valence-electron chi connectivity index (χ3n) is 5.81. The molecule has 0 saturated heterocycles. The Morgan fingerprint density at radius 2 is 2.00 bits per heavy atom. The largest absolute Gasteiger partial charge is 0.497 e. The van der Waals surface area contributed by atoms with Crippen LogP contribution in [0.3, 0.4) is 0 Å². The third-order valence-corrected chi connectivity index (χ3v) is 5.81. The Labute approximate surface area is 182 Å². The Morgan fingerprint density at radius 1 is 1.19 bits per heavy atom. The van der Waals surface area contributed by atoms with Crippen LogP contribution in [0.4, 0.5) is 4.79 Å². The molecule has 0 radical (unpaired) electrons. The fourth-order valence-corrected chi connectivity index (χ4v) is 4.31. The van der Waals surface area contributed by atoms with E-state index >= 15 is 0 Å². The van der Waals surface area contributed by atoms with Gasteiger partial charge in [-0.05, 0) is 42.2 Å². The molecule has 0 aliphatic carbocycles. The smallest absolute Gasteiger partial charge is 0.341 e. The summed E-state index contributed by atoms with van der Waals surface area (Å²) in [6.45, 7) is 4.08. The van der Waals surface area contributed by atoms with Crippen molar-refractivity contribution in [3.05, 3.63) is 65.2 Å². The highest BCUT2D eigenvalue weighted by atomic mass is 16.5. The fourth-order valence-electron chi connectivity index (χ4n) is 4.31. The molecule has 2 aromatic rings. The lowest BCUT2D eigenvalue weighted by Gasteiger charge is -2.35. The molecule has 4 rings (SSSR count). The van der Waals surface area contributed by atoms with Crippen molar-refractivity contribution in [1.29, 1.82) is 0 Å². The number of carbonyl (C=O) groups excluding carboxylic acids is 2. The molecule has 2 heterocycles. The van der Waals surface area contributed by atoms with Gasteiger partial charge in [0.25, 0.3) is 0 Å². The summed E-state index contributed by atoms with van der Waals surface area (Å²) >= 11 is 0. The normalized spacial score (nSPS) is 21.0. The molecule has 2 atom stereocenters. The molecule has 2 aromatic carbocycles. The summed E-state index contributed by atoms with van der Waals surface area (Å²) in [6.07, 6.45) is 0.930. The van der Waals surface area contributed by atoms with E-state index in [-0.39, 0.29) is 12.6 Å². The molecule has 0 fully saturated rings. The van der Waals surface area contributed by atoms with Crippen LogP contribution < -0.4 is 10.1 Å². The van der Waals surface area contributed by atoms with Crippen LogP contribution >= 0.6 is 0 Å². The van der Waals surface area contributed by atoms with Gasteiger partial charge >= 0.3 is 12.0 Å². The van der Waals surface area contributed by atoms with Crippen LogP contribution in [0.2, 0.25) is 0 Å². The van der Waals surface area contributed by atoms with E-state index in [1.165, 1.54) is 11.1 Å². The number of methoxy groups -OCH3 is 1. The van der Waals surface area contributed by atoms with Crippen molar-refractivity contribution < 1.29 is 19.1 Å². The van der Waals surface area contributed by atoms with Gasteiger partial charge in [0, 0.05) is 19.6 Å². The van der Waals surface area contributed by atoms with Crippen molar-refractivity contribution in [2.45, 2.75) is 25.9 Å². The number of urea groups is 1. The summed E-state index contributed by atoms with van der Waals surface area (Å²) in [4.78, 5) is 31.9. The van der Waals surface area contributed by atoms with Crippen LogP contribution in [0, 0.1) is 5.92 Å². The number of hydrogen-bond acceptors (Lipinski definition) is 5. The van der Waals surface area contributed by atoms with Crippen LogP contribution in [-0.4, -0.2) is 49.4 Å². The van der Waals surface area contributed by atoms with Crippen LogP contribution in [0.15, 0.2) is 53.5 Å². The Bertz CT molecular complexity index is 1000. The molecule has 0 bridgehead atoms. The first-order chi connectivity index (χ1) is 15.1. The number of esters is 1. The molecule has 1 N–H and O–H groups in total. The molecule has 2 aliphatic heterocycles. The molecular formula is C24H27N3O4. The summed E-state index contributed by atoms with van der Waals surface area (Å²) in [5.41, 5.74) is 3.93. The molecule has 2 aliphatic rings. The van der Waals surface area contributed by atoms with Gasteiger partial charge in [-0.1, -0.05) is 36.4 Å². The molecule has 31 heavy (non-hydrogen) atoms. The zero-order valence-electron chi connectivity index (χ0n) is 17.8. The number of benzene rings is 2. The first-order valence-electron chi connectivity index (χ1n) is 10.6. The molecule has 7 heteroatoms. The number of nitrogens with one attached hydrogen (secondary N) is 1. The van der Waals surface area contributed by atoms with E-state index in [4.69, 9.17) is 9.47 Å². The highest BCUT2D eigenvalue weighted by molar-refractivity contribution is 6.10. The Balaban J connectivity index is 1.63. The maximum absolute atomic E-state index is 13.0. The van der Waals surface area contributed by atoms with E-state index in [0.717, 1.165) is 25.1 Å². The predicted octanol–water partition coefficient (Wildman–Crippen LogP) is 3.14. The van der Waals surface area contributed by atoms with E-state index in [0.29, 0.717) is 18.0 Å². The second-order valence-electron chi connectivity index (χ2n) is 7.77. The van der Waals surface area contributed by atoms with Gasteiger partial charge in [-0.25, -0.2) is 9.79 Å². The van der Waals surface area contributed by atoms with E-state index in [2.05, 4.69) is 33.4 Å². The lowest BCUT2D eigenvalue weighted by atomic mass is 9.87. The van der Waals surface area contributed by atoms with Gasteiger partial charge in [-0.2, -0.15) is 0 Å². The van der Waals surface area contributed by atoms with E-state index in [1.54, 1.807) is 14.0 Å². The summed E-state index contributed by atoms with van der Waals surface area (Å²) in [7, 11) is 1.59. The van der Waals surface area contributed by atoms with E-state index in [9.17, 15) is 9.59 Å². The van der Waals surface area contributed by atoms with Gasteiger partial charge in [0.2, 0.25) is 0 Å². The first kappa shape index (κ1) is 21.1. The molecule has 2 unspecified atom stereocenters. The average molecular weight is 421 g/mol. The van der Waals surface area contributed by atoms with Gasteiger partial charge in [0.05, 0.1) is 25.5 Å². The SMILES string of the molecule is CCOC(=O)C1C(CN2CCc3ccccc3C2)=NC(=O)NC1c1cccc(OC)c1.